The number of anilines is 2. The third-order valence-electron chi connectivity index (χ3n) is 7.95. The molecule has 0 bridgehead atoms. The van der Waals surface area contributed by atoms with Gasteiger partial charge in [0.1, 0.15) is 11.3 Å². The predicted molar refractivity (Wildman–Crippen MR) is 136 cm³/mol. The molecule has 2 aromatic rings. The Bertz CT molecular complexity index is 988. The second-order valence-electron chi connectivity index (χ2n) is 10.0. The number of rotatable bonds is 6. The van der Waals surface area contributed by atoms with Gasteiger partial charge in [0.25, 0.3) is 11.8 Å². The van der Waals surface area contributed by atoms with Gasteiger partial charge in [0, 0.05) is 24.5 Å². The van der Waals surface area contributed by atoms with Crippen LogP contribution in [0.3, 0.4) is 0 Å². The average Bonchev–Trinajstić information content (AvgIpc) is 2.86. The van der Waals surface area contributed by atoms with E-state index in [0.717, 1.165) is 87.0 Å². The van der Waals surface area contributed by atoms with E-state index in [4.69, 9.17) is 0 Å². The quantitative estimate of drug-likeness (QED) is 0.581. The third kappa shape index (κ3) is 3.64. The molecule has 2 spiro atoms. The van der Waals surface area contributed by atoms with Crippen molar-refractivity contribution in [3.8, 4) is 0 Å². The lowest BCUT2D eigenvalue weighted by Crippen LogP contribution is -2.68. The zero-order valence-corrected chi connectivity index (χ0v) is 20.4. The molecule has 5 rings (SSSR count). The summed E-state index contributed by atoms with van der Waals surface area (Å²) in [5, 5.41) is 7.57. The first-order valence-electron chi connectivity index (χ1n) is 12.9. The van der Waals surface area contributed by atoms with Gasteiger partial charge in [-0.05, 0) is 62.8 Å². The first-order valence-corrected chi connectivity index (χ1v) is 12.9. The standard InChI is InChI=1S/C28H36N4O2/c1-3-5-19-31-25(33)21-11-7-9-13-23(21)29-27(31)15-17-28(18-16-27)30-24-14-10-8-12-22(24)26(34)32(28)20-6-4-2/h7-14,29-30H,3-6,15-20H2,1-2H3. The van der Waals surface area contributed by atoms with E-state index in [2.05, 4.69) is 34.3 Å². The smallest absolute Gasteiger partial charge is 0.257 e. The minimum Gasteiger partial charge on any atom is -0.362 e. The first-order chi connectivity index (χ1) is 16.5. The van der Waals surface area contributed by atoms with Crippen LogP contribution in [-0.2, 0) is 0 Å². The van der Waals surface area contributed by atoms with E-state index in [1.165, 1.54) is 0 Å². The molecule has 0 unspecified atom stereocenters. The Hall–Kier alpha value is -3.02. The molecule has 6 nitrogen and oxygen atoms in total. The van der Waals surface area contributed by atoms with Crippen molar-refractivity contribution < 1.29 is 9.59 Å². The van der Waals surface area contributed by atoms with Gasteiger partial charge >= 0.3 is 0 Å². The molecule has 3 aliphatic rings. The zero-order chi connectivity index (χ0) is 23.8. The zero-order valence-electron chi connectivity index (χ0n) is 20.4. The lowest BCUT2D eigenvalue weighted by Gasteiger charge is -2.58. The van der Waals surface area contributed by atoms with Crippen LogP contribution in [0, 0.1) is 0 Å². The molecule has 0 saturated heterocycles. The summed E-state index contributed by atoms with van der Waals surface area (Å²) in [6.07, 6.45) is 7.23. The number of amides is 2. The molecule has 0 aromatic heterocycles. The Kier molecular flexibility index (Phi) is 6.00. The molecule has 0 radical (unpaired) electrons. The summed E-state index contributed by atoms with van der Waals surface area (Å²) < 4.78 is 0. The molecule has 2 aromatic carbocycles. The van der Waals surface area contributed by atoms with Gasteiger partial charge in [0.2, 0.25) is 0 Å². The van der Waals surface area contributed by atoms with Crippen LogP contribution < -0.4 is 10.6 Å². The number of carbonyl (C=O) groups is 2. The van der Waals surface area contributed by atoms with Gasteiger partial charge in [-0.2, -0.15) is 0 Å². The van der Waals surface area contributed by atoms with E-state index in [1.807, 2.05) is 48.5 Å². The van der Waals surface area contributed by atoms with Gasteiger partial charge in [-0.3, -0.25) is 9.59 Å². The fourth-order valence-electron chi connectivity index (χ4n) is 6.00. The van der Waals surface area contributed by atoms with Crippen molar-refractivity contribution in [2.45, 2.75) is 76.5 Å². The van der Waals surface area contributed by atoms with E-state index in [1.54, 1.807) is 0 Å². The second-order valence-corrected chi connectivity index (χ2v) is 10.0. The molecule has 1 aliphatic carbocycles. The molecule has 6 heteroatoms. The maximum Gasteiger partial charge on any atom is 0.257 e. The monoisotopic (exact) mass is 460 g/mol. The Balaban J connectivity index is 1.47. The summed E-state index contributed by atoms with van der Waals surface area (Å²) in [6.45, 7) is 5.83. The molecule has 2 heterocycles. The third-order valence-corrected chi connectivity index (χ3v) is 7.95. The van der Waals surface area contributed by atoms with Crippen LogP contribution in [0.1, 0.15) is 85.9 Å². The molecule has 1 saturated carbocycles. The molecule has 1 fully saturated rings. The normalized spacial score (nSPS) is 25.7. The van der Waals surface area contributed by atoms with Crippen LogP contribution in [0.15, 0.2) is 48.5 Å². The van der Waals surface area contributed by atoms with E-state index >= 15 is 0 Å². The number of unbranched alkanes of at least 4 members (excludes halogenated alkanes) is 2. The van der Waals surface area contributed by atoms with Gasteiger partial charge in [-0.15, -0.1) is 0 Å². The number of hydrogen-bond donors (Lipinski definition) is 2. The van der Waals surface area contributed by atoms with Crippen LogP contribution in [0.4, 0.5) is 11.4 Å². The average molecular weight is 461 g/mol. The van der Waals surface area contributed by atoms with Crippen molar-refractivity contribution in [3.05, 3.63) is 59.7 Å². The highest BCUT2D eigenvalue weighted by molar-refractivity contribution is 6.03. The lowest BCUT2D eigenvalue weighted by molar-refractivity contribution is 0.000178. The second kappa shape index (κ2) is 8.97. The fraction of sp³-hybridized carbons (Fsp3) is 0.500. The van der Waals surface area contributed by atoms with Crippen LogP contribution in [0.25, 0.3) is 0 Å². The Morgan fingerprint density at radius 1 is 0.676 bits per heavy atom. The van der Waals surface area contributed by atoms with Crippen LogP contribution in [0.5, 0.6) is 0 Å². The summed E-state index contributed by atoms with van der Waals surface area (Å²) in [7, 11) is 0. The van der Waals surface area contributed by atoms with Crippen molar-refractivity contribution >= 4 is 23.2 Å². The number of fused-ring (bicyclic) bond motifs is 2. The molecular formula is C28H36N4O2. The predicted octanol–water partition coefficient (Wildman–Crippen LogP) is 5.69. The number of para-hydroxylation sites is 2. The number of nitrogens with one attached hydrogen (secondary N) is 2. The maximum atomic E-state index is 13.6. The Labute approximate surface area is 202 Å². The topological polar surface area (TPSA) is 64.7 Å². The van der Waals surface area contributed by atoms with Crippen molar-refractivity contribution in [2.24, 2.45) is 0 Å². The summed E-state index contributed by atoms with van der Waals surface area (Å²) in [5.41, 5.74) is 2.55. The summed E-state index contributed by atoms with van der Waals surface area (Å²) in [5.74, 6) is 0.249. The largest absolute Gasteiger partial charge is 0.362 e. The minimum absolute atomic E-state index is 0.125. The molecule has 0 atom stereocenters. The lowest BCUT2D eigenvalue weighted by atomic mass is 9.76. The number of carbonyl (C=O) groups excluding carboxylic acids is 2. The number of benzene rings is 2. The number of nitrogens with zero attached hydrogens (tertiary/aromatic N) is 2. The highest BCUT2D eigenvalue weighted by atomic mass is 16.2. The van der Waals surface area contributed by atoms with Crippen molar-refractivity contribution in [3.63, 3.8) is 0 Å². The van der Waals surface area contributed by atoms with E-state index in [0.29, 0.717) is 0 Å². The first kappa shape index (κ1) is 22.8. The Morgan fingerprint density at radius 3 is 1.44 bits per heavy atom. The highest BCUT2D eigenvalue weighted by Crippen LogP contribution is 2.47. The van der Waals surface area contributed by atoms with Crippen LogP contribution in [0.2, 0.25) is 0 Å². The number of hydrogen-bond acceptors (Lipinski definition) is 4. The van der Waals surface area contributed by atoms with Crippen molar-refractivity contribution in [1.82, 2.24) is 9.80 Å². The summed E-state index contributed by atoms with van der Waals surface area (Å²) in [6, 6.07) is 15.7. The molecule has 2 aliphatic heterocycles. The van der Waals surface area contributed by atoms with Crippen molar-refractivity contribution in [1.29, 1.82) is 0 Å². The fourth-order valence-corrected chi connectivity index (χ4v) is 6.00. The molecule has 180 valence electrons. The van der Waals surface area contributed by atoms with Crippen molar-refractivity contribution in [2.75, 3.05) is 23.7 Å². The Morgan fingerprint density at radius 2 is 1.06 bits per heavy atom. The van der Waals surface area contributed by atoms with E-state index < -0.39 is 11.3 Å². The van der Waals surface area contributed by atoms with Crippen LogP contribution >= 0.6 is 0 Å². The van der Waals surface area contributed by atoms with E-state index in [-0.39, 0.29) is 11.8 Å². The maximum absolute atomic E-state index is 13.6. The van der Waals surface area contributed by atoms with Crippen LogP contribution in [-0.4, -0.2) is 46.0 Å². The summed E-state index contributed by atoms with van der Waals surface area (Å²) >= 11 is 0. The molecular weight excluding hydrogens is 424 g/mol. The molecule has 34 heavy (non-hydrogen) atoms. The van der Waals surface area contributed by atoms with E-state index in [9.17, 15) is 9.59 Å². The SMILES string of the molecule is CCCCN1C(=O)c2ccccc2NC12CCC1(CC2)Nc2ccccc2C(=O)N1CCCC. The van der Waals surface area contributed by atoms with Gasteiger partial charge in [0.15, 0.2) is 0 Å². The molecule has 2 N–H and O–H groups in total. The molecule has 2 amide bonds. The van der Waals surface area contributed by atoms with Gasteiger partial charge in [-0.25, -0.2) is 0 Å². The van der Waals surface area contributed by atoms with Gasteiger partial charge < -0.3 is 20.4 Å². The summed E-state index contributed by atoms with van der Waals surface area (Å²) in [4.78, 5) is 31.3. The minimum atomic E-state index is -0.413. The van der Waals surface area contributed by atoms with Gasteiger partial charge in [-0.1, -0.05) is 51.0 Å². The van der Waals surface area contributed by atoms with Gasteiger partial charge in [0.05, 0.1) is 11.1 Å². The highest BCUT2D eigenvalue weighted by Gasteiger charge is 2.54.